The number of likely N-dealkylation sites (N-methyl/N-ethyl adjacent to an activating group) is 1. The number of nitrogens with one attached hydrogen (secondary N) is 1. The molecule has 1 saturated carbocycles. The van der Waals surface area contributed by atoms with Crippen LogP contribution in [0.15, 0.2) is 18.2 Å². The lowest BCUT2D eigenvalue weighted by Gasteiger charge is -2.26. The van der Waals surface area contributed by atoms with Gasteiger partial charge in [-0.25, -0.2) is 0 Å². The highest BCUT2D eigenvalue weighted by molar-refractivity contribution is 6.31. The highest BCUT2D eigenvalue weighted by Gasteiger charge is 2.23. The number of rotatable bonds is 5. The Hall–Kier alpha value is -1.26. The van der Waals surface area contributed by atoms with E-state index in [0.29, 0.717) is 29.0 Å². The number of hydrogen-bond donors (Lipinski definition) is 2. The van der Waals surface area contributed by atoms with E-state index in [1.54, 1.807) is 18.2 Å². The Bertz CT molecular complexity index is 472. The molecule has 1 aliphatic rings. The summed E-state index contributed by atoms with van der Waals surface area (Å²) in [4.78, 5) is 14.4. The number of halogens is 1. The van der Waals surface area contributed by atoms with Gasteiger partial charge in [-0.15, -0.1) is 0 Å². The molecule has 20 heavy (non-hydrogen) atoms. The first-order chi connectivity index (χ1) is 9.60. The smallest absolute Gasteiger partial charge is 0.238 e. The van der Waals surface area contributed by atoms with E-state index in [0.717, 1.165) is 6.54 Å². The average molecular weight is 296 g/mol. The molecule has 0 aromatic heterocycles. The van der Waals surface area contributed by atoms with Gasteiger partial charge in [-0.2, -0.15) is 0 Å². The first-order valence-electron chi connectivity index (χ1n) is 7.19. The van der Waals surface area contributed by atoms with Crippen LogP contribution in [-0.4, -0.2) is 29.9 Å². The minimum absolute atomic E-state index is 0.0345. The van der Waals surface area contributed by atoms with Crippen LogP contribution in [0.2, 0.25) is 5.02 Å². The average Bonchev–Trinajstić information content (AvgIpc) is 2.94. The number of nitrogens with zero attached hydrogens (tertiary/aromatic N) is 1. The van der Waals surface area contributed by atoms with Crippen LogP contribution in [-0.2, 0) is 4.79 Å². The van der Waals surface area contributed by atoms with Gasteiger partial charge in [0.15, 0.2) is 0 Å². The van der Waals surface area contributed by atoms with Gasteiger partial charge in [0.1, 0.15) is 0 Å². The molecule has 0 unspecified atom stereocenters. The van der Waals surface area contributed by atoms with Crippen molar-refractivity contribution in [3.63, 3.8) is 0 Å². The van der Waals surface area contributed by atoms with Crippen LogP contribution in [0.4, 0.5) is 11.4 Å². The van der Waals surface area contributed by atoms with Crippen LogP contribution in [0, 0.1) is 0 Å². The lowest BCUT2D eigenvalue weighted by atomic mass is 10.2. The first kappa shape index (κ1) is 15.1. The van der Waals surface area contributed by atoms with E-state index in [1.165, 1.54) is 25.7 Å². The lowest BCUT2D eigenvalue weighted by Crippen LogP contribution is -2.39. The summed E-state index contributed by atoms with van der Waals surface area (Å²) in [7, 11) is 0. The second-order valence-electron chi connectivity index (χ2n) is 5.28. The predicted octanol–water partition coefficient (Wildman–Crippen LogP) is 3.13. The third-order valence-corrected chi connectivity index (χ3v) is 4.12. The lowest BCUT2D eigenvalue weighted by molar-refractivity contribution is -0.117. The first-order valence-corrected chi connectivity index (χ1v) is 7.57. The van der Waals surface area contributed by atoms with Gasteiger partial charge >= 0.3 is 0 Å². The van der Waals surface area contributed by atoms with E-state index in [4.69, 9.17) is 17.3 Å². The zero-order valence-corrected chi connectivity index (χ0v) is 12.6. The van der Waals surface area contributed by atoms with E-state index in [-0.39, 0.29) is 5.91 Å². The second kappa shape index (κ2) is 6.95. The summed E-state index contributed by atoms with van der Waals surface area (Å²) in [6.07, 6.45) is 4.93. The number of nitrogen functional groups attached to an aromatic ring is 1. The van der Waals surface area contributed by atoms with Crippen LogP contribution in [0.3, 0.4) is 0 Å². The largest absolute Gasteiger partial charge is 0.397 e. The third kappa shape index (κ3) is 3.87. The molecule has 1 fully saturated rings. The summed E-state index contributed by atoms with van der Waals surface area (Å²) in [5, 5.41) is 3.42. The fourth-order valence-corrected chi connectivity index (χ4v) is 2.95. The normalized spacial score (nSPS) is 15.8. The molecule has 2 rings (SSSR count). The number of carbonyl (C=O) groups excluding carboxylic acids is 1. The van der Waals surface area contributed by atoms with Crippen molar-refractivity contribution < 1.29 is 4.79 Å². The summed E-state index contributed by atoms with van der Waals surface area (Å²) < 4.78 is 0. The topological polar surface area (TPSA) is 58.4 Å². The number of hydrogen-bond acceptors (Lipinski definition) is 3. The van der Waals surface area contributed by atoms with Crippen molar-refractivity contribution in [1.29, 1.82) is 0 Å². The number of carbonyl (C=O) groups is 1. The molecule has 5 heteroatoms. The van der Waals surface area contributed by atoms with Gasteiger partial charge in [0.05, 0.1) is 17.9 Å². The minimum atomic E-state index is -0.0345. The predicted molar refractivity (Wildman–Crippen MR) is 84.0 cm³/mol. The molecule has 0 atom stereocenters. The van der Waals surface area contributed by atoms with E-state index in [2.05, 4.69) is 17.1 Å². The highest BCUT2D eigenvalue weighted by atomic mass is 35.5. The summed E-state index contributed by atoms with van der Waals surface area (Å²) in [6, 6.07) is 5.64. The standard InChI is InChI=1S/C15H22ClN3O/c1-2-19(12-5-3-4-6-12)10-15(20)18-14-9-11(16)7-8-13(14)17/h7-9,12H,2-6,10,17H2,1H3,(H,18,20). The Morgan fingerprint density at radius 2 is 2.15 bits per heavy atom. The van der Waals surface area contributed by atoms with Crippen LogP contribution in [0.1, 0.15) is 32.6 Å². The fourth-order valence-electron chi connectivity index (χ4n) is 2.78. The molecule has 0 saturated heterocycles. The molecule has 110 valence electrons. The quantitative estimate of drug-likeness (QED) is 0.821. The van der Waals surface area contributed by atoms with Gasteiger partial charge in [-0.1, -0.05) is 31.4 Å². The van der Waals surface area contributed by atoms with Gasteiger partial charge in [0, 0.05) is 11.1 Å². The zero-order valence-electron chi connectivity index (χ0n) is 11.9. The second-order valence-corrected chi connectivity index (χ2v) is 5.72. The molecule has 0 spiro atoms. The fraction of sp³-hybridized carbons (Fsp3) is 0.533. The van der Waals surface area contributed by atoms with Crippen LogP contribution in [0.25, 0.3) is 0 Å². The Morgan fingerprint density at radius 1 is 1.45 bits per heavy atom. The zero-order chi connectivity index (χ0) is 14.5. The van der Waals surface area contributed by atoms with Crippen LogP contribution < -0.4 is 11.1 Å². The molecule has 0 heterocycles. The molecule has 0 bridgehead atoms. The van der Waals surface area contributed by atoms with E-state index < -0.39 is 0 Å². The maximum Gasteiger partial charge on any atom is 0.238 e. The highest BCUT2D eigenvalue weighted by Crippen LogP contribution is 2.24. The molecular weight excluding hydrogens is 274 g/mol. The molecule has 1 aromatic rings. The monoisotopic (exact) mass is 295 g/mol. The molecule has 3 N–H and O–H groups in total. The minimum Gasteiger partial charge on any atom is -0.397 e. The van der Waals surface area contributed by atoms with Gasteiger partial charge in [-0.3, -0.25) is 9.69 Å². The van der Waals surface area contributed by atoms with E-state index in [9.17, 15) is 4.79 Å². The van der Waals surface area contributed by atoms with Gasteiger partial charge in [0.2, 0.25) is 5.91 Å². The van der Waals surface area contributed by atoms with Gasteiger partial charge in [0.25, 0.3) is 0 Å². The maximum absolute atomic E-state index is 12.2. The number of anilines is 2. The van der Waals surface area contributed by atoms with Crippen molar-refractivity contribution in [1.82, 2.24) is 4.90 Å². The molecule has 1 aliphatic carbocycles. The summed E-state index contributed by atoms with van der Waals surface area (Å²) in [6.45, 7) is 3.40. The Labute approximate surface area is 125 Å². The number of nitrogens with two attached hydrogens (primary N) is 1. The number of benzene rings is 1. The molecule has 1 amide bonds. The van der Waals surface area contributed by atoms with Crippen molar-refractivity contribution in [2.24, 2.45) is 0 Å². The molecule has 0 aliphatic heterocycles. The SMILES string of the molecule is CCN(CC(=O)Nc1cc(Cl)ccc1N)C1CCCC1. The van der Waals surface area contributed by atoms with Crippen molar-refractivity contribution in [2.75, 3.05) is 24.1 Å². The van der Waals surface area contributed by atoms with Crippen LogP contribution in [0.5, 0.6) is 0 Å². The molecule has 4 nitrogen and oxygen atoms in total. The Balaban J connectivity index is 1.95. The third-order valence-electron chi connectivity index (χ3n) is 3.88. The van der Waals surface area contributed by atoms with Gasteiger partial charge < -0.3 is 11.1 Å². The summed E-state index contributed by atoms with van der Waals surface area (Å²) >= 11 is 5.92. The van der Waals surface area contributed by atoms with Crippen molar-refractivity contribution in [3.05, 3.63) is 23.2 Å². The molecule has 1 aromatic carbocycles. The van der Waals surface area contributed by atoms with Crippen molar-refractivity contribution in [2.45, 2.75) is 38.6 Å². The number of amides is 1. The Morgan fingerprint density at radius 3 is 2.80 bits per heavy atom. The van der Waals surface area contributed by atoms with Crippen molar-refractivity contribution in [3.8, 4) is 0 Å². The van der Waals surface area contributed by atoms with E-state index >= 15 is 0 Å². The van der Waals surface area contributed by atoms with Crippen LogP contribution >= 0.6 is 11.6 Å². The maximum atomic E-state index is 12.2. The van der Waals surface area contributed by atoms with E-state index in [1.807, 2.05) is 0 Å². The summed E-state index contributed by atoms with van der Waals surface area (Å²) in [5.41, 5.74) is 6.96. The molecule has 0 radical (unpaired) electrons. The summed E-state index contributed by atoms with van der Waals surface area (Å²) in [5.74, 6) is -0.0345. The van der Waals surface area contributed by atoms with Gasteiger partial charge in [-0.05, 0) is 37.6 Å². The van der Waals surface area contributed by atoms with Crippen molar-refractivity contribution >= 4 is 28.9 Å². The molecular formula is C15H22ClN3O. The Kier molecular flexibility index (Phi) is 5.26.